The maximum absolute atomic E-state index is 12.4. The van der Waals surface area contributed by atoms with E-state index in [2.05, 4.69) is 16.4 Å². The van der Waals surface area contributed by atoms with Crippen molar-refractivity contribution in [1.82, 2.24) is 10.3 Å². The van der Waals surface area contributed by atoms with E-state index in [0.29, 0.717) is 13.0 Å². The van der Waals surface area contributed by atoms with Crippen molar-refractivity contribution < 1.29 is 9.53 Å². The number of carbonyl (C=O) groups is 1. The lowest BCUT2D eigenvalue weighted by Gasteiger charge is -2.10. The fourth-order valence-electron chi connectivity index (χ4n) is 2.97. The molecular formula is C21H21N3O2. The number of hydrogen-bond donors (Lipinski definition) is 2. The SMILES string of the molecule is COc1ccc2[nH]cc(C[C@H](C#N)C(=O)NCCc3ccccc3)c2c1. The summed E-state index contributed by atoms with van der Waals surface area (Å²) in [7, 11) is 1.62. The number of nitriles is 1. The highest BCUT2D eigenvalue weighted by atomic mass is 16.5. The van der Waals surface area contributed by atoms with Gasteiger partial charge in [-0.2, -0.15) is 5.26 Å². The van der Waals surface area contributed by atoms with Crippen LogP contribution in [0.15, 0.2) is 54.7 Å². The molecule has 0 aliphatic rings. The number of ether oxygens (including phenoxy) is 1. The van der Waals surface area contributed by atoms with Gasteiger partial charge in [-0.1, -0.05) is 30.3 Å². The van der Waals surface area contributed by atoms with Crippen LogP contribution in [0, 0.1) is 17.2 Å². The minimum Gasteiger partial charge on any atom is -0.497 e. The first kappa shape index (κ1) is 17.6. The average Bonchev–Trinajstić information content (AvgIpc) is 3.08. The van der Waals surface area contributed by atoms with Gasteiger partial charge in [0.1, 0.15) is 11.7 Å². The van der Waals surface area contributed by atoms with E-state index in [0.717, 1.165) is 34.2 Å². The van der Waals surface area contributed by atoms with Gasteiger partial charge in [-0.25, -0.2) is 0 Å². The number of aromatic amines is 1. The van der Waals surface area contributed by atoms with Crippen molar-refractivity contribution in [3.05, 3.63) is 65.9 Å². The molecule has 0 saturated heterocycles. The van der Waals surface area contributed by atoms with Gasteiger partial charge in [0.15, 0.2) is 0 Å². The second kappa shape index (κ2) is 8.21. The first-order valence-electron chi connectivity index (χ1n) is 8.56. The third-order valence-electron chi connectivity index (χ3n) is 4.43. The summed E-state index contributed by atoms with van der Waals surface area (Å²) in [5, 5.41) is 13.3. The lowest BCUT2D eigenvalue weighted by molar-refractivity contribution is -0.123. The molecule has 0 radical (unpaired) electrons. The maximum Gasteiger partial charge on any atom is 0.237 e. The Morgan fingerprint density at radius 1 is 1.27 bits per heavy atom. The van der Waals surface area contributed by atoms with E-state index < -0.39 is 5.92 Å². The molecule has 2 N–H and O–H groups in total. The summed E-state index contributed by atoms with van der Waals surface area (Å²) in [6.07, 6.45) is 2.96. The molecule has 1 heterocycles. The quantitative estimate of drug-likeness (QED) is 0.689. The Hall–Kier alpha value is -3.26. The standard InChI is InChI=1S/C21H21N3O2/c1-26-18-7-8-20-19(12-18)17(14-24-20)11-16(13-22)21(25)23-10-9-15-5-3-2-4-6-15/h2-8,12,14,16,24H,9-11H2,1H3,(H,23,25)/t16-/m1/s1. The second-order valence-electron chi connectivity index (χ2n) is 6.14. The fraction of sp³-hybridized carbons (Fsp3) is 0.238. The minimum absolute atomic E-state index is 0.235. The number of fused-ring (bicyclic) bond motifs is 1. The van der Waals surface area contributed by atoms with Crippen LogP contribution in [0.4, 0.5) is 0 Å². The van der Waals surface area contributed by atoms with Crippen LogP contribution in [-0.2, 0) is 17.6 Å². The van der Waals surface area contributed by atoms with Gasteiger partial charge in [0.2, 0.25) is 5.91 Å². The first-order valence-corrected chi connectivity index (χ1v) is 8.56. The van der Waals surface area contributed by atoms with E-state index in [-0.39, 0.29) is 5.91 Å². The summed E-state index contributed by atoms with van der Waals surface area (Å²) >= 11 is 0. The van der Waals surface area contributed by atoms with Crippen molar-refractivity contribution in [1.29, 1.82) is 5.26 Å². The Kier molecular flexibility index (Phi) is 5.55. The summed E-state index contributed by atoms with van der Waals surface area (Å²) in [6.45, 7) is 0.517. The van der Waals surface area contributed by atoms with Gasteiger partial charge in [0, 0.05) is 23.6 Å². The fourth-order valence-corrected chi connectivity index (χ4v) is 2.97. The smallest absolute Gasteiger partial charge is 0.237 e. The van der Waals surface area contributed by atoms with Crippen molar-refractivity contribution in [3.63, 3.8) is 0 Å². The third kappa shape index (κ3) is 4.04. The molecule has 1 amide bonds. The number of aromatic nitrogens is 1. The molecule has 0 unspecified atom stereocenters. The molecule has 3 aromatic rings. The maximum atomic E-state index is 12.4. The predicted octanol–water partition coefficient (Wildman–Crippen LogP) is 3.22. The molecule has 0 aliphatic heterocycles. The van der Waals surface area contributed by atoms with E-state index in [1.54, 1.807) is 7.11 Å². The summed E-state index contributed by atoms with van der Waals surface area (Å²) < 4.78 is 5.26. The summed E-state index contributed by atoms with van der Waals surface area (Å²) in [5.41, 5.74) is 3.05. The number of methoxy groups -OCH3 is 1. The number of amides is 1. The van der Waals surface area contributed by atoms with E-state index in [4.69, 9.17) is 4.74 Å². The third-order valence-corrected chi connectivity index (χ3v) is 4.43. The number of H-pyrrole nitrogens is 1. The Balaban J connectivity index is 1.63. The highest BCUT2D eigenvalue weighted by Gasteiger charge is 2.20. The monoisotopic (exact) mass is 347 g/mol. The Morgan fingerprint density at radius 2 is 2.08 bits per heavy atom. The van der Waals surface area contributed by atoms with Crippen molar-refractivity contribution in [2.24, 2.45) is 5.92 Å². The molecule has 0 fully saturated rings. The van der Waals surface area contributed by atoms with Crippen LogP contribution >= 0.6 is 0 Å². The minimum atomic E-state index is -0.726. The van der Waals surface area contributed by atoms with Gasteiger partial charge in [-0.3, -0.25) is 4.79 Å². The largest absolute Gasteiger partial charge is 0.497 e. The predicted molar refractivity (Wildman–Crippen MR) is 101 cm³/mol. The van der Waals surface area contributed by atoms with Gasteiger partial charge in [-0.15, -0.1) is 0 Å². The van der Waals surface area contributed by atoms with Crippen LogP contribution in [0.25, 0.3) is 10.9 Å². The van der Waals surface area contributed by atoms with Gasteiger partial charge >= 0.3 is 0 Å². The Labute approximate surface area is 152 Å². The molecular weight excluding hydrogens is 326 g/mol. The zero-order valence-corrected chi connectivity index (χ0v) is 14.7. The van der Waals surface area contributed by atoms with E-state index in [1.807, 2.05) is 54.7 Å². The highest BCUT2D eigenvalue weighted by Crippen LogP contribution is 2.25. The number of nitrogens with one attached hydrogen (secondary N) is 2. The Bertz CT molecular complexity index is 925. The molecule has 1 atom stereocenters. The highest BCUT2D eigenvalue weighted by molar-refractivity contribution is 5.86. The molecule has 1 aromatic heterocycles. The summed E-state index contributed by atoms with van der Waals surface area (Å²) in [6, 6.07) is 17.8. The number of carbonyl (C=O) groups excluding carboxylic acids is 1. The van der Waals surface area contributed by atoms with Crippen LogP contribution in [0.5, 0.6) is 5.75 Å². The summed E-state index contributed by atoms with van der Waals surface area (Å²) in [4.78, 5) is 15.6. The van der Waals surface area contributed by atoms with E-state index in [9.17, 15) is 10.1 Å². The van der Waals surface area contributed by atoms with Crippen LogP contribution in [0.3, 0.4) is 0 Å². The normalized spacial score (nSPS) is 11.7. The van der Waals surface area contributed by atoms with Crippen molar-refractivity contribution in [2.75, 3.05) is 13.7 Å². The van der Waals surface area contributed by atoms with Crippen LogP contribution < -0.4 is 10.1 Å². The van der Waals surface area contributed by atoms with E-state index in [1.165, 1.54) is 0 Å². The molecule has 5 heteroatoms. The van der Waals surface area contributed by atoms with Gasteiger partial charge < -0.3 is 15.0 Å². The number of nitrogens with zero attached hydrogens (tertiary/aromatic N) is 1. The molecule has 3 rings (SSSR count). The van der Waals surface area contributed by atoms with Crippen LogP contribution in [0.1, 0.15) is 11.1 Å². The second-order valence-corrected chi connectivity index (χ2v) is 6.14. The van der Waals surface area contributed by atoms with Gasteiger partial charge in [-0.05, 0) is 42.2 Å². The van der Waals surface area contributed by atoms with E-state index >= 15 is 0 Å². The molecule has 5 nitrogen and oxygen atoms in total. The van der Waals surface area contributed by atoms with Crippen molar-refractivity contribution >= 4 is 16.8 Å². The van der Waals surface area contributed by atoms with Crippen LogP contribution in [0.2, 0.25) is 0 Å². The van der Waals surface area contributed by atoms with Gasteiger partial charge in [0.05, 0.1) is 13.2 Å². The van der Waals surface area contributed by atoms with Crippen molar-refractivity contribution in [2.45, 2.75) is 12.8 Å². The number of benzene rings is 2. The number of rotatable bonds is 7. The first-order chi connectivity index (χ1) is 12.7. The molecule has 0 spiro atoms. The molecule has 26 heavy (non-hydrogen) atoms. The van der Waals surface area contributed by atoms with Crippen LogP contribution in [-0.4, -0.2) is 24.5 Å². The molecule has 2 aromatic carbocycles. The average molecular weight is 347 g/mol. The molecule has 132 valence electrons. The molecule has 0 aliphatic carbocycles. The lowest BCUT2D eigenvalue weighted by atomic mass is 9.99. The summed E-state index contributed by atoms with van der Waals surface area (Å²) in [5.74, 6) is -0.212. The zero-order valence-electron chi connectivity index (χ0n) is 14.7. The lowest BCUT2D eigenvalue weighted by Crippen LogP contribution is -2.32. The number of hydrogen-bond acceptors (Lipinski definition) is 3. The van der Waals surface area contributed by atoms with Gasteiger partial charge in [0.25, 0.3) is 0 Å². The zero-order chi connectivity index (χ0) is 18.4. The molecule has 0 saturated carbocycles. The van der Waals surface area contributed by atoms with Crippen molar-refractivity contribution in [3.8, 4) is 11.8 Å². The topological polar surface area (TPSA) is 77.9 Å². The molecule has 0 bridgehead atoms. The Morgan fingerprint density at radius 3 is 2.81 bits per heavy atom.